The third-order valence-corrected chi connectivity index (χ3v) is 6.23. The molecule has 5 nitrogen and oxygen atoms in total. The summed E-state index contributed by atoms with van der Waals surface area (Å²) in [5.41, 5.74) is 3.18. The van der Waals surface area contributed by atoms with Gasteiger partial charge in [-0.1, -0.05) is 41.9 Å². The highest BCUT2D eigenvalue weighted by atomic mass is 35.5. The molecule has 2 saturated heterocycles. The van der Waals surface area contributed by atoms with Crippen LogP contribution < -0.4 is 4.90 Å². The summed E-state index contributed by atoms with van der Waals surface area (Å²) in [6, 6.07) is 15.8. The number of nitrogens with zero attached hydrogens (tertiary/aromatic N) is 3. The van der Waals surface area contributed by atoms with Crippen LogP contribution in [0, 0.1) is 6.92 Å². The quantitative estimate of drug-likeness (QED) is 0.708. The van der Waals surface area contributed by atoms with Crippen molar-refractivity contribution < 1.29 is 9.59 Å². The Labute approximate surface area is 176 Å². The summed E-state index contributed by atoms with van der Waals surface area (Å²) in [6.45, 7) is 6.82. The number of hydrogen-bond donors (Lipinski definition) is 0. The van der Waals surface area contributed by atoms with Crippen molar-refractivity contribution in [1.29, 1.82) is 0 Å². The van der Waals surface area contributed by atoms with Gasteiger partial charge in [-0.25, -0.2) is 0 Å². The van der Waals surface area contributed by atoms with Gasteiger partial charge in [-0.3, -0.25) is 19.4 Å². The molecule has 2 aliphatic rings. The minimum Gasteiger partial charge on any atom is -0.369 e. The molecule has 2 amide bonds. The van der Waals surface area contributed by atoms with Gasteiger partial charge in [0.05, 0.1) is 5.92 Å². The second-order valence-corrected chi connectivity index (χ2v) is 8.24. The molecular formula is C23H26ClN3O2. The van der Waals surface area contributed by atoms with Gasteiger partial charge in [-0.15, -0.1) is 0 Å². The highest BCUT2D eigenvalue weighted by molar-refractivity contribution is 6.30. The lowest BCUT2D eigenvalue weighted by Crippen LogP contribution is -2.49. The number of carbonyl (C=O) groups excluding carboxylic acids is 2. The van der Waals surface area contributed by atoms with E-state index in [0.29, 0.717) is 6.54 Å². The zero-order valence-corrected chi connectivity index (χ0v) is 17.4. The number of halogens is 1. The Bertz CT molecular complexity index is 909. The van der Waals surface area contributed by atoms with Crippen molar-refractivity contribution in [3.8, 4) is 0 Å². The fourth-order valence-electron chi connectivity index (χ4n) is 4.28. The van der Waals surface area contributed by atoms with Gasteiger partial charge in [0.2, 0.25) is 11.8 Å². The smallest absolute Gasteiger partial charge is 0.237 e. The van der Waals surface area contributed by atoms with E-state index >= 15 is 0 Å². The lowest BCUT2D eigenvalue weighted by Gasteiger charge is -2.36. The summed E-state index contributed by atoms with van der Waals surface area (Å²) in [7, 11) is 0. The maximum absolute atomic E-state index is 12.9. The monoisotopic (exact) mass is 411 g/mol. The van der Waals surface area contributed by atoms with Crippen molar-refractivity contribution >= 4 is 29.1 Å². The number of piperazine rings is 1. The molecule has 2 fully saturated rings. The van der Waals surface area contributed by atoms with E-state index in [-0.39, 0.29) is 24.2 Å². The van der Waals surface area contributed by atoms with Crippen LogP contribution in [0.2, 0.25) is 5.02 Å². The van der Waals surface area contributed by atoms with Gasteiger partial charge >= 0.3 is 0 Å². The number of imide groups is 1. The van der Waals surface area contributed by atoms with Gasteiger partial charge in [-0.2, -0.15) is 0 Å². The average molecular weight is 412 g/mol. The fourth-order valence-corrected chi connectivity index (χ4v) is 4.47. The van der Waals surface area contributed by atoms with E-state index in [1.165, 1.54) is 4.90 Å². The molecule has 1 atom stereocenters. The first-order valence-corrected chi connectivity index (χ1v) is 10.5. The third kappa shape index (κ3) is 4.31. The molecule has 0 radical (unpaired) electrons. The fraction of sp³-hybridized carbons (Fsp3) is 0.391. The molecule has 2 aliphatic heterocycles. The molecule has 4 rings (SSSR count). The van der Waals surface area contributed by atoms with Crippen LogP contribution >= 0.6 is 11.6 Å². The molecule has 2 heterocycles. The molecule has 6 heteroatoms. The maximum Gasteiger partial charge on any atom is 0.237 e. The standard InChI is InChI=1S/C23H26ClN3O2/c1-17-5-2-3-8-20(17)21-16-22(28)27(23(21)29)14-11-25-9-12-26(13-10-25)19-7-4-6-18(24)15-19/h2-8,15,21H,9-14,16H2,1H3. The molecule has 0 saturated carbocycles. The first kappa shape index (κ1) is 19.9. The summed E-state index contributed by atoms with van der Waals surface area (Å²) < 4.78 is 0. The Morgan fingerprint density at radius 3 is 2.45 bits per heavy atom. The zero-order chi connectivity index (χ0) is 20.4. The summed E-state index contributed by atoms with van der Waals surface area (Å²) >= 11 is 6.10. The molecule has 2 aromatic rings. The van der Waals surface area contributed by atoms with Gasteiger partial charge in [-0.05, 0) is 36.2 Å². The van der Waals surface area contributed by atoms with Gasteiger partial charge in [0.25, 0.3) is 0 Å². The number of carbonyl (C=O) groups is 2. The van der Waals surface area contributed by atoms with Crippen molar-refractivity contribution in [3.63, 3.8) is 0 Å². The van der Waals surface area contributed by atoms with Crippen LogP contribution in [0.4, 0.5) is 5.69 Å². The number of likely N-dealkylation sites (tertiary alicyclic amines) is 1. The van der Waals surface area contributed by atoms with Crippen LogP contribution in [0.25, 0.3) is 0 Å². The predicted molar refractivity (Wildman–Crippen MR) is 115 cm³/mol. The summed E-state index contributed by atoms with van der Waals surface area (Å²) in [6.07, 6.45) is 0.284. The lowest BCUT2D eigenvalue weighted by molar-refractivity contribution is -0.138. The van der Waals surface area contributed by atoms with Crippen molar-refractivity contribution in [1.82, 2.24) is 9.80 Å². The molecular weight excluding hydrogens is 386 g/mol. The molecule has 0 aromatic heterocycles. The van der Waals surface area contributed by atoms with Crippen molar-refractivity contribution in [2.24, 2.45) is 0 Å². The molecule has 152 valence electrons. The van der Waals surface area contributed by atoms with E-state index in [4.69, 9.17) is 11.6 Å². The van der Waals surface area contributed by atoms with E-state index in [1.54, 1.807) is 0 Å². The molecule has 1 unspecified atom stereocenters. The number of amides is 2. The number of rotatable bonds is 5. The molecule has 0 N–H and O–H groups in total. The van der Waals surface area contributed by atoms with E-state index in [1.807, 2.05) is 49.4 Å². The maximum atomic E-state index is 12.9. The van der Waals surface area contributed by atoms with Crippen LogP contribution in [0.1, 0.15) is 23.5 Å². The Kier molecular flexibility index (Phi) is 5.88. The van der Waals surface area contributed by atoms with Crippen LogP contribution in [0.3, 0.4) is 0 Å². The topological polar surface area (TPSA) is 43.9 Å². The lowest BCUT2D eigenvalue weighted by atomic mass is 9.93. The molecule has 29 heavy (non-hydrogen) atoms. The van der Waals surface area contributed by atoms with E-state index < -0.39 is 0 Å². The summed E-state index contributed by atoms with van der Waals surface area (Å²) in [4.78, 5) is 31.5. The van der Waals surface area contributed by atoms with Crippen molar-refractivity contribution in [2.45, 2.75) is 19.3 Å². The summed E-state index contributed by atoms with van der Waals surface area (Å²) in [5.74, 6) is -0.439. The van der Waals surface area contributed by atoms with Gasteiger partial charge in [0.1, 0.15) is 0 Å². The van der Waals surface area contributed by atoms with Gasteiger partial charge < -0.3 is 4.90 Å². The van der Waals surface area contributed by atoms with Gasteiger partial charge in [0.15, 0.2) is 0 Å². The van der Waals surface area contributed by atoms with Crippen LogP contribution in [0.5, 0.6) is 0 Å². The Balaban J connectivity index is 1.31. The first-order valence-electron chi connectivity index (χ1n) is 10.2. The SMILES string of the molecule is Cc1ccccc1C1CC(=O)N(CCN2CCN(c3cccc(Cl)c3)CC2)C1=O. The normalized spacial score (nSPS) is 20.6. The highest BCUT2D eigenvalue weighted by Gasteiger charge is 2.39. The van der Waals surface area contributed by atoms with Gasteiger partial charge in [0, 0.05) is 56.4 Å². The summed E-state index contributed by atoms with van der Waals surface area (Å²) in [5, 5.41) is 0.749. The largest absolute Gasteiger partial charge is 0.369 e. The van der Waals surface area contributed by atoms with E-state index in [9.17, 15) is 9.59 Å². The van der Waals surface area contributed by atoms with Crippen LogP contribution in [0.15, 0.2) is 48.5 Å². The van der Waals surface area contributed by atoms with Crippen LogP contribution in [-0.4, -0.2) is 60.9 Å². The average Bonchev–Trinajstić information content (AvgIpc) is 3.00. The number of anilines is 1. The second kappa shape index (κ2) is 8.56. The van der Waals surface area contributed by atoms with E-state index in [2.05, 4.69) is 15.9 Å². The van der Waals surface area contributed by atoms with Crippen molar-refractivity contribution in [3.05, 3.63) is 64.7 Å². The number of aryl methyl sites for hydroxylation is 1. The molecule has 0 spiro atoms. The van der Waals surface area contributed by atoms with Crippen LogP contribution in [-0.2, 0) is 9.59 Å². The highest BCUT2D eigenvalue weighted by Crippen LogP contribution is 2.31. The number of benzene rings is 2. The minimum absolute atomic E-state index is 0.0538. The van der Waals surface area contributed by atoms with E-state index in [0.717, 1.165) is 54.6 Å². The first-order chi connectivity index (χ1) is 14.0. The second-order valence-electron chi connectivity index (χ2n) is 7.81. The third-order valence-electron chi connectivity index (χ3n) is 5.99. The Hall–Kier alpha value is -2.37. The van der Waals surface area contributed by atoms with Crippen molar-refractivity contribution in [2.75, 3.05) is 44.2 Å². The Morgan fingerprint density at radius 1 is 0.966 bits per heavy atom. The number of hydrogen-bond acceptors (Lipinski definition) is 4. The zero-order valence-electron chi connectivity index (χ0n) is 16.7. The molecule has 0 aliphatic carbocycles. The molecule has 2 aromatic carbocycles. The minimum atomic E-state index is -0.330. The molecule has 0 bridgehead atoms. The predicted octanol–water partition coefficient (Wildman–Crippen LogP) is 3.31. The Morgan fingerprint density at radius 2 is 1.72 bits per heavy atom.